The Morgan fingerprint density at radius 2 is 2.24 bits per heavy atom. The highest BCUT2D eigenvalue weighted by Crippen LogP contribution is 2.24. The minimum atomic E-state index is -0.407. The van der Waals surface area contributed by atoms with Gasteiger partial charge in [0.25, 0.3) is 0 Å². The number of hydrogen-bond donors (Lipinski definition) is 1. The highest BCUT2D eigenvalue weighted by atomic mass is 16.5. The summed E-state index contributed by atoms with van der Waals surface area (Å²) in [6.07, 6.45) is 4.07. The average molecular weight is 345 g/mol. The molecule has 1 fully saturated rings. The minimum Gasteiger partial charge on any atom is -0.383 e. The zero-order valence-electron chi connectivity index (χ0n) is 14.6. The van der Waals surface area contributed by atoms with E-state index < -0.39 is 5.91 Å². The lowest BCUT2D eigenvalue weighted by Crippen LogP contribution is -2.33. The molecule has 1 aliphatic heterocycles. The molecule has 3 heterocycles. The van der Waals surface area contributed by atoms with Crippen LogP contribution in [0.3, 0.4) is 0 Å². The van der Waals surface area contributed by atoms with Crippen molar-refractivity contribution in [3.63, 3.8) is 0 Å². The molecule has 8 heteroatoms. The molecule has 1 saturated heterocycles. The van der Waals surface area contributed by atoms with Crippen LogP contribution in [0, 0.1) is 5.92 Å². The first-order valence-corrected chi connectivity index (χ1v) is 8.49. The van der Waals surface area contributed by atoms with Crippen molar-refractivity contribution in [2.45, 2.75) is 19.8 Å². The van der Waals surface area contributed by atoms with Crippen LogP contribution >= 0.6 is 0 Å². The van der Waals surface area contributed by atoms with E-state index in [0.717, 1.165) is 30.4 Å². The van der Waals surface area contributed by atoms with E-state index in [4.69, 9.17) is 9.26 Å². The Kier molecular flexibility index (Phi) is 5.60. The van der Waals surface area contributed by atoms with Gasteiger partial charge in [-0.25, -0.2) is 4.98 Å². The van der Waals surface area contributed by atoms with Gasteiger partial charge in [-0.2, -0.15) is 4.98 Å². The predicted octanol–water partition coefficient (Wildman–Crippen LogP) is 1.74. The molecule has 0 aliphatic carbocycles. The zero-order valence-corrected chi connectivity index (χ0v) is 14.6. The highest BCUT2D eigenvalue weighted by molar-refractivity contribution is 5.89. The second-order valence-electron chi connectivity index (χ2n) is 6.24. The molecule has 1 aliphatic rings. The molecule has 25 heavy (non-hydrogen) atoms. The smallest absolute Gasteiger partial charge is 0.316 e. The van der Waals surface area contributed by atoms with E-state index in [-0.39, 0.29) is 5.89 Å². The van der Waals surface area contributed by atoms with Crippen LogP contribution in [-0.2, 0) is 4.74 Å². The van der Waals surface area contributed by atoms with Crippen LogP contribution in [0.25, 0.3) is 11.4 Å². The maximum Gasteiger partial charge on any atom is 0.316 e. The van der Waals surface area contributed by atoms with Crippen molar-refractivity contribution in [3.8, 4) is 11.4 Å². The van der Waals surface area contributed by atoms with Gasteiger partial charge in [-0.1, -0.05) is 12.1 Å². The Hall–Kier alpha value is -2.48. The molecule has 0 spiro atoms. The quantitative estimate of drug-likeness (QED) is 0.797. The number of nitrogens with zero attached hydrogens (tertiary/aromatic N) is 4. The van der Waals surface area contributed by atoms with E-state index in [2.05, 4.69) is 32.3 Å². The van der Waals surface area contributed by atoms with Crippen LogP contribution in [0.15, 0.2) is 22.9 Å². The summed E-state index contributed by atoms with van der Waals surface area (Å²) in [6, 6.07) is 3.75. The molecular weight excluding hydrogens is 322 g/mol. The number of carbonyl (C=O) groups is 1. The van der Waals surface area contributed by atoms with Crippen LogP contribution in [-0.4, -0.2) is 54.4 Å². The highest BCUT2D eigenvalue weighted by Gasteiger charge is 2.19. The summed E-state index contributed by atoms with van der Waals surface area (Å²) in [7, 11) is 1.57. The topological polar surface area (TPSA) is 93.4 Å². The third kappa shape index (κ3) is 4.33. The van der Waals surface area contributed by atoms with Crippen LogP contribution in [0.1, 0.15) is 30.5 Å². The van der Waals surface area contributed by atoms with Gasteiger partial charge in [-0.05, 0) is 30.9 Å². The normalized spacial score (nSPS) is 15.4. The molecule has 0 unspecified atom stereocenters. The fourth-order valence-electron chi connectivity index (χ4n) is 2.74. The van der Waals surface area contributed by atoms with Crippen LogP contribution in [0.5, 0.6) is 0 Å². The number of ether oxygens (including phenoxy) is 1. The summed E-state index contributed by atoms with van der Waals surface area (Å²) < 4.78 is 9.95. The van der Waals surface area contributed by atoms with Gasteiger partial charge in [0.15, 0.2) is 0 Å². The van der Waals surface area contributed by atoms with Crippen molar-refractivity contribution in [2.75, 3.05) is 38.3 Å². The largest absolute Gasteiger partial charge is 0.383 e. The fourth-order valence-corrected chi connectivity index (χ4v) is 2.74. The second-order valence-corrected chi connectivity index (χ2v) is 6.24. The van der Waals surface area contributed by atoms with Gasteiger partial charge in [-0.3, -0.25) is 4.79 Å². The van der Waals surface area contributed by atoms with Gasteiger partial charge in [-0.15, -0.1) is 0 Å². The zero-order chi connectivity index (χ0) is 17.6. The van der Waals surface area contributed by atoms with E-state index in [9.17, 15) is 4.79 Å². The maximum atomic E-state index is 11.9. The third-order valence-corrected chi connectivity index (χ3v) is 4.32. The Morgan fingerprint density at radius 1 is 1.44 bits per heavy atom. The van der Waals surface area contributed by atoms with Gasteiger partial charge in [0, 0.05) is 38.5 Å². The first-order valence-electron chi connectivity index (χ1n) is 8.49. The average Bonchev–Trinajstić information content (AvgIpc) is 3.13. The van der Waals surface area contributed by atoms with Crippen molar-refractivity contribution in [1.82, 2.24) is 20.4 Å². The molecule has 0 saturated carbocycles. The standard InChI is InChI=1S/C17H23N5O3/c1-12-4-8-22(9-5-12)14-11-13(3-6-18-14)15-20-17(25-21-15)16(23)19-7-10-24-2/h3,6,11-12H,4-5,7-10H2,1-2H3,(H,19,23). The number of anilines is 1. The van der Waals surface area contributed by atoms with E-state index in [1.165, 1.54) is 12.8 Å². The monoisotopic (exact) mass is 345 g/mol. The molecule has 2 aromatic heterocycles. The maximum absolute atomic E-state index is 11.9. The lowest BCUT2D eigenvalue weighted by atomic mass is 9.99. The summed E-state index contributed by atoms with van der Waals surface area (Å²) in [5, 5.41) is 6.56. The number of carbonyl (C=O) groups excluding carboxylic acids is 1. The Labute approximate surface area is 146 Å². The minimum absolute atomic E-state index is 0.0590. The molecular formula is C17H23N5O3. The SMILES string of the molecule is COCCNC(=O)c1nc(-c2ccnc(N3CCC(C)CC3)c2)no1. The number of rotatable bonds is 6. The van der Waals surface area contributed by atoms with E-state index in [1.807, 2.05) is 12.1 Å². The molecule has 0 aromatic carbocycles. The Morgan fingerprint density at radius 3 is 3.00 bits per heavy atom. The van der Waals surface area contributed by atoms with Crippen LogP contribution in [0.2, 0.25) is 0 Å². The second kappa shape index (κ2) is 8.06. The predicted molar refractivity (Wildman–Crippen MR) is 92.3 cm³/mol. The third-order valence-electron chi connectivity index (χ3n) is 4.32. The number of aromatic nitrogens is 3. The summed E-state index contributed by atoms with van der Waals surface area (Å²) in [5.41, 5.74) is 0.781. The van der Waals surface area contributed by atoms with Gasteiger partial charge in [0.2, 0.25) is 5.82 Å². The number of amides is 1. The molecule has 3 rings (SSSR count). The van der Waals surface area contributed by atoms with E-state index in [0.29, 0.717) is 19.0 Å². The number of nitrogens with one attached hydrogen (secondary N) is 1. The fraction of sp³-hybridized carbons (Fsp3) is 0.529. The van der Waals surface area contributed by atoms with Crippen molar-refractivity contribution in [3.05, 3.63) is 24.2 Å². The number of methoxy groups -OCH3 is 1. The van der Waals surface area contributed by atoms with Crippen LogP contribution in [0.4, 0.5) is 5.82 Å². The molecule has 134 valence electrons. The van der Waals surface area contributed by atoms with Crippen molar-refractivity contribution >= 4 is 11.7 Å². The summed E-state index contributed by atoms with van der Waals surface area (Å²) in [4.78, 5) is 22.8. The molecule has 1 amide bonds. The van der Waals surface area contributed by atoms with Crippen molar-refractivity contribution in [1.29, 1.82) is 0 Å². The lowest BCUT2D eigenvalue weighted by Gasteiger charge is -2.31. The molecule has 2 aromatic rings. The molecule has 8 nitrogen and oxygen atoms in total. The van der Waals surface area contributed by atoms with Gasteiger partial charge in [0.05, 0.1) is 6.61 Å². The summed E-state index contributed by atoms with van der Waals surface area (Å²) in [6.45, 7) is 5.09. The summed E-state index contributed by atoms with van der Waals surface area (Å²) >= 11 is 0. The molecule has 0 radical (unpaired) electrons. The molecule has 0 bridgehead atoms. The van der Waals surface area contributed by atoms with Crippen molar-refractivity contribution < 1.29 is 14.1 Å². The number of hydrogen-bond acceptors (Lipinski definition) is 7. The van der Waals surface area contributed by atoms with Gasteiger partial charge >= 0.3 is 11.8 Å². The Bertz CT molecular complexity index is 710. The van der Waals surface area contributed by atoms with Gasteiger partial charge < -0.3 is 19.5 Å². The van der Waals surface area contributed by atoms with Crippen LogP contribution < -0.4 is 10.2 Å². The molecule has 1 N–H and O–H groups in total. The van der Waals surface area contributed by atoms with E-state index in [1.54, 1.807) is 13.3 Å². The first kappa shape index (κ1) is 17.3. The van der Waals surface area contributed by atoms with E-state index >= 15 is 0 Å². The molecule has 0 atom stereocenters. The first-order chi connectivity index (χ1) is 12.2. The number of piperidine rings is 1. The number of pyridine rings is 1. The summed E-state index contributed by atoms with van der Waals surface area (Å²) in [5.74, 6) is 1.58. The van der Waals surface area contributed by atoms with Crippen molar-refractivity contribution in [2.24, 2.45) is 5.92 Å². The Balaban J connectivity index is 1.70. The van der Waals surface area contributed by atoms with Gasteiger partial charge in [0.1, 0.15) is 5.82 Å². The lowest BCUT2D eigenvalue weighted by molar-refractivity contribution is 0.0893.